The molecule has 0 aliphatic carbocycles. The van der Waals surface area contributed by atoms with Crippen LogP contribution in [-0.2, 0) is 4.74 Å². The Morgan fingerprint density at radius 2 is 2.14 bits per heavy atom. The van der Waals surface area contributed by atoms with Crippen molar-refractivity contribution in [3.05, 3.63) is 19.9 Å². The lowest BCUT2D eigenvalue weighted by atomic mass is 10.1. The summed E-state index contributed by atoms with van der Waals surface area (Å²) in [5.41, 5.74) is 0.823. The van der Waals surface area contributed by atoms with Gasteiger partial charge in [0.1, 0.15) is 0 Å². The molecule has 0 spiro atoms. The summed E-state index contributed by atoms with van der Waals surface area (Å²) >= 11 is 3.88. The number of hydrogen-bond acceptors (Lipinski definition) is 4. The van der Waals surface area contributed by atoms with Gasteiger partial charge in [0.2, 0.25) is 0 Å². The molecule has 0 N–H and O–H groups in total. The van der Waals surface area contributed by atoms with Crippen molar-refractivity contribution in [2.75, 3.05) is 39.3 Å². The quantitative estimate of drug-likeness (QED) is 0.668. The predicted molar refractivity (Wildman–Crippen MR) is 97.6 cm³/mol. The number of thiophene rings is 1. The molecule has 122 valence electrons. The molecule has 2 saturated heterocycles. The second kappa shape index (κ2) is 8.08. The fraction of sp³-hybridized carbons (Fsp3) is 0.688. The summed E-state index contributed by atoms with van der Waals surface area (Å²) in [5.74, 6) is 0.154. The van der Waals surface area contributed by atoms with Crippen molar-refractivity contribution in [2.24, 2.45) is 0 Å². The van der Waals surface area contributed by atoms with E-state index < -0.39 is 0 Å². The highest BCUT2D eigenvalue weighted by Gasteiger charge is 2.28. The average Bonchev–Trinajstić information content (AvgIpc) is 3.17. The maximum Gasteiger partial charge on any atom is 0.254 e. The van der Waals surface area contributed by atoms with E-state index in [1.54, 1.807) is 11.3 Å². The molecule has 6 heteroatoms. The first-order chi connectivity index (χ1) is 10.7. The maximum atomic E-state index is 12.4. The summed E-state index contributed by atoms with van der Waals surface area (Å²) < 4.78 is 7.15. The fourth-order valence-corrected chi connectivity index (χ4v) is 4.51. The number of ether oxygens (including phenoxy) is 1. The van der Waals surface area contributed by atoms with Crippen molar-refractivity contribution in [2.45, 2.75) is 31.8 Å². The van der Waals surface area contributed by atoms with Crippen molar-refractivity contribution in [3.63, 3.8) is 0 Å². The number of hydrogen-bond donors (Lipinski definition) is 0. The third-order valence-electron chi connectivity index (χ3n) is 4.46. The lowest BCUT2D eigenvalue weighted by Crippen LogP contribution is -2.34. The first-order valence-corrected chi connectivity index (χ1v) is 10.1. The summed E-state index contributed by atoms with van der Waals surface area (Å²) in [7, 11) is 0. The second-order valence-corrected chi connectivity index (χ2v) is 8.88. The average molecular weight is 434 g/mol. The van der Waals surface area contributed by atoms with Crippen LogP contribution in [0.3, 0.4) is 0 Å². The molecule has 2 aliphatic heterocycles. The Hall–Kier alpha value is -0.180. The van der Waals surface area contributed by atoms with Crippen LogP contribution in [-0.4, -0.2) is 61.1 Å². The molecule has 22 heavy (non-hydrogen) atoms. The molecule has 0 aromatic carbocycles. The lowest BCUT2D eigenvalue weighted by molar-refractivity contribution is 0.0379. The monoisotopic (exact) mass is 434 g/mol. The van der Waals surface area contributed by atoms with Crippen LogP contribution in [0.1, 0.15) is 36.0 Å². The first-order valence-electron chi connectivity index (χ1n) is 8.09. The highest BCUT2D eigenvalue weighted by atomic mass is 127. The van der Waals surface area contributed by atoms with Crippen LogP contribution in [0.25, 0.3) is 0 Å². The van der Waals surface area contributed by atoms with E-state index in [0.717, 1.165) is 41.1 Å². The van der Waals surface area contributed by atoms with E-state index in [0.29, 0.717) is 0 Å². The van der Waals surface area contributed by atoms with Crippen LogP contribution < -0.4 is 0 Å². The van der Waals surface area contributed by atoms with E-state index in [1.807, 2.05) is 16.3 Å². The van der Waals surface area contributed by atoms with E-state index in [4.69, 9.17) is 4.74 Å². The van der Waals surface area contributed by atoms with E-state index in [-0.39, 0.29) is 12.0 Å². The topological polar surface area (TPSA) is 32.8 Å². The smallest absolute Gasteiger partial charge is 0.254 e. The number of halogens is 1. The zero-order valence-electron chi connectivity index (χ0n) is 12.8. The number of carbonyl (C=O) groups is 1. The van der Waals surface area contributed by atoms with Crippen molar-refractivity contribution < 1.29 is 9.53 Å². The van der Waals surface area contributed by atoms with Crippen molar-refractivity contribution in [1.29, 1.82) is 0 Å². The van der Waals surface area contributed by atoms with Crippen molar-refractivity contribution in [1.82, 2.24) is 9.80 Å². The van der Waals surface area contributed by atoms with Crippen molar-refractivity contribution in [3.8, 4) is 0 Å². The van der Waals surface area contributed by atoms with Crippen molar-refractivity contribution >= 4 is 39.8 Å². The molecule has 0 bridgehead atoms. The van der Waals surface area contributed by atoms with Crippen LogP contribution >= 0.6 is 33.9 Å². The van der Waals surface area contributed by atoms with Gasteiger partial charge in [-0.05, 0) is 61.0 Å². The molecule has 0 radical (unpaired) electrons. The molecule has 4 nitrogen and oxygen atoms in total. The van der Waals surface area contributed by atoms with Gasteiger partial charge in [-0.1, -0.05) is 6.42 Å². The highest BCUT2D eigenvalue weighted by molar-refractivity contribution is 14.1. The van der Waals surface area contributed by atoms with Crippen LogP contribution in [0.15, 0.2) is 11.4 Å². The van der Waals surface area contributed by atoms with E-state index in [2.05, 4.69) is 27.5 Å². The third kappa shape index (κ3) is 4.43. The van der Waals surface area contributed by atoms with E-state index >= 15 is 0 Å². The SMILES string of the molecule is O=C(c1csc(I)c1)N1CC[C@@H](OCCN2CCCCC2)C1. The first kappa shape index (κ1) is 16.7. The number of likely N-dealkylation sites (tertiary alicyclic amines) is 2. The summed E-state index contributed by atoms with van der Waals surface area (Å²) in [4.78, 5) is 16.8. The van der Waals surface area contributed by atoms with Gasteiger partial charge in [-0.3, -0.25) is 4.79 Å². The van der Waals surface area contributed by atoms with Gasteiger partial charge in [0.15, 0.2) is 0 Å². The maximum absolute atomic E-state index is 12.4. The molecule has 3 rings (SSSR count). The standard InChI is InChI=1S/C16H23IN2O2S/c17-15-10-13(12-22-15)16(20)19-7-4-14(11-19)21-9-8-18-5-2-1-3-6-18/h10,12,14H,1-9,11H2/t14-/m1/s1. The van der Waals surface area contributed by atoms with E-state index in [9.17, 15) is 4.79 Å². The Labute approximate surface area is 149 Å². The molecule has 2 aliphatic rings. The molecule has 1 aromatic heterocycles. The molecule has 1 aromatic rings. The van der Waals surface area contributed by atoms with Gasteiger partial charge in [-0.2, -0.15) is 0 Å². The molecule has 3 heterocycles. The highest BCUT2D eigenvalue weighted by Crippen LogP contribution is 2.21. The summed E-state index contributed by atoms with van der Waals surface area (Å²) in [6.45, 7) is 5.83. The van der Waals surface area contributed by atoms with Gasteiger partial charge in [-0.15, -0.1) is 11.3 Å². The summed E-state index contributed by atoms with van der Waals surface area (Å²) in [5, 5.41) is 1.95. The van der Waals surface area contributed by atoms with Crippen LogP contribution in [0, 0.1) is 2.88 Å². The fourth-order valence-electron chi connectivity index (χ4n) is 3.18. The lowest BCUT2D eigenvalue weighted by Gasteiger charge is -2.26. The molecule has 1 atom stereocenters. The summed E-state index contributed by atoms with van der Waals surface area (Å²) in [6, 6.07) is 1.97. The number of amides is 1. The molecular weight excluding hydrogens is 411 g/mol. The Morgan fingerprint density at radius 3 is 2.86 bits per heavy atom. The van der Waals surface area contributed by atoms with Gasteiger partial charge >= 0.3 is 0 Å². The zero-order valence-corrected chi connectivity index (χ0v) is 15.8. The molecule has 0 saturated carbocycles. The largest absolute Gasteiger partial charge is 0.375 e. The van der Waals surface area contributed by atoms with Crippen LogP contribution in [0.2, 0.25) is 0 Å². The van der Waals surface area contributed by atoms with Crippen LogP contribution in [0.5, 0.6) is 0 Å². The minimum atomic E-state index is 0.154. The molecular formula is C16H23IN2O2S. The predicted octanol–water partition coefficient (Wildman–Crippen LogP) is 3.07. The number of carbonyl (C=O) groups excluding carboxylic acids is 1. The van der Waals surface area contributed by atoms with Gasteiger partial charge in [0.05, 0.1) is 21.2 Å². The van der Waals surface area contributed by atoms with Gasteiger partial charge in [0, 0.05) is 25.0 Å². The zero-order chi connectivity index (χ0) is 15.4. The Balaban J connectivity index is 1.39. The van der Waals surface area contributed by atoms with Crippen LogP contribution in [0.4, 0.5) is 0 Å². The minimum absolute atomic E-state index is 0.154. The van der Waals surface area contributed by atoms with Gasteiger partial charge in [-0.25, -0.2) is 0 Å². The minimum Gasteiger partial charge on any atom is -0.375 e. The van der Waals surface area contributed by atoms with Gasteiger partial charge < -0.3 is 14.5 Å². The van der Waals surface area contributed by atoms with E-state index in [1.165, 1.54) is 32.4 Å². The normalized spacial score (nSPS) is 23.1. The molecule has 0 unspecified atom stereocenters. The number of piperidine rings is 1. The third-order valence-corrected chi connectivity index (χ3v) is 6.25. The Kier molecular flexibility index (Phi) is 6.12. The second-order valence-electron chi connectivity index (χ2n) is 6.07. The molecule has 1 amide bonds. The number of rotatable bonds is 5. The Morgan fingerprint density at radius 1 is 1.32 bits per heavy atom. The number of nitrogens with zero attached hydrogens (tertiary/aromatic N) is 2. The van der Waals surface area contributed by atoms with Gasteiger partial charge in [0.25, 0.3) is 5.91 Å². The Bertz CT molecular complexity index is 502. The summed E-state index contributed by atoms with van der Waals surface area (Å²) in [6.07, 6.45) is 5.20. The molecule has 2 fully saturated rings.